The Balaban J connectivity index is 1.90. The highest BCUT2D eigenvalue weighted by Gasteiger charge is 2.09. The Hall–Kier alpha value is -2.37. The van der Waals surface area contributed by atoms with Gasteiger partial charge in [-0.25, -0.2) is 4.98 Å². The van der Waals surface area contributed by atoms with Crippen molar-refractivity contribution in [2.45, 2.75) is 6.42 Å². The summed E-state index contributed by atoms with van der Waals surface area (Å²) < 4.78 is 1.92. The molecule has 0 unspecified atom stereocenters. The molecular formula is C12H15N5O. The largest absolute Gasteiger partial charge is 0.398 e. The molecule has 0 saturated carbocycles. The van der Waals surface area contributed by atoms with Crippen LogP contribution in [0.1, 0.15) is 16.2 Å². The number of carbonyl (C=O) groups is 1. The first-order valence-electron chi connectivity index (χ1n) is 5.62. The van der Waals surface area contributed by atoms with Gasteiger partial charge in [-0.3, -0.25) is 9.78 Å². The summed E-state index contributed by atoms with van der Waals surface area (Å²) >= 11 is 0. The van der Waals surface area contributed by atoms with Crippen LogP contribution in [0.3, 0.4) is 0 Å². The quantitative estimate of drug-likeness (QED) is 0.814. The minimum atomic E-state index is -0.213. The topological polar surface area (TPSA) is 85.8 Å². The third-order valence-electron chi connectivity index (χ3n) is 2.65. The zero-order valence-electron chi connectivity index (χ0n) is 10.1. The number of carbonyl (C=O) groups excluding carboxylic acids is 1. The second-order valence-corrected chi connectivity index (χ2v) is 3.92. The number of nitrogens with two attached hydrogens (primary N) is 1. The summed E-state index contributed by atoms with van der Waals surface area (Å²) in [6, 6.07) is 1.60. The molecule has 6 heteroatoms. The summed E-state index contributed by atoms with van der Waals surface area (Å²) in [5.74, 6) is 0.712. The minimum absolute atomic E-state index is 0.213. The van der Waals surface area contributed by atoms with E-state index in [4.69, 9.17) is 5.73 Å². The molecule has 0 fully saturated rings. The van der Waals surface area contributed by atoms with Crippen LogP contribution in [-0.4, -0.2) is 27.0 Å². The van der Waals surface area contributed by atoms with E-state index in [1.807, 2.05) is 17.8 Å². The van der Waals surface area contributed by atoms with Crippen LogP contribution in [0.5, 0.6) is 0 Å². The molecule has 0 bridgehead atoms. The van der Waals surface area contributed by atoms with Gasteiger partial charge in [0, 0.05) is 50.5 Å². The van der Waals surface area contributed by atoms with E-state index < -0.39 is 0 Å². The molecule has 6 nitrogen and oxygen atoms in total. The number of hydrogen-bond acceptors (Lipinski definition) is 4. The third kappa shape index (κ3) is 2.65. The molecule has 0 aliphatic rings. The van der Waals surface area contributed by atoms with Crippen molar-refractivity contribution >= 4 is 11.6 Å². The van der Waals surface area contributed by atoms with Crippen molar-refractivity contribution < 1.29 is 4.79 Å². The van der Waals surface area contributed by atoms with Gasteiger partial charge >= 0.3 is 0 Å². The highest BCUT2D eigenvalue weighted by atomic mass is 16.1. The van der Waals surface area contributed by atoms with E-state index in [1.54, 1.807) is 18.5 Å². The maximum atomic E-state index is 11.8. The van der Waals surface area contributed by atoms with E-state index in [-0.39, 0.29) is 5.91 Å². The summed E-state index contributed by atoms with van der Waals surface area (Å²) in [5.41, 5.74) is 6.53. The van der Waals surface area contributed by atoms with E-state index in [2.05, 4.69) is 15.3 Å². The fraction of sp³-hybridized carbons (Fsp3) is 0.250. The number of pyridine rings is 1. The number of aromatic nitrogens is 3. The number of nitrogens with one attached hydrogen (secondary N) is 1. The molecule has 0 aliphatic heterocycles. The van der Waals surface area contributed by atoms with Gasteiger partial charge in [0.1, 0.15) is 5.82 Å². The molecule has 0 radical (unpaired) electrons. The van der Waals surface area contributed by atoms with Crippen molar-refractivity contribution in [2.24, 2.45) is 7.05 Å². The zero-order valence-corrected chi connectivity index (χ0v) is 10.1. The second-order valence-electron chi connectivity index (χ2n) is 3.92. The first-order valence-corrected chi connectivity index (χ1v) is 5.62. The Morgan fingerprint density at radius 2 is 2.33 bits per heavy atom. The fourth-order valence-corrected chi connectivity index (χ4v) is 1.62. The van der Waals surface area contributed by atoms with Gasteiger partial charge < -0.3 is 15.6 Å². The Kier molecular flexibility index (Phi) is 3.57. The predicted molar refractivity (Wildman–Crippen MR) is 67.9 cm³/mol. The lowest BCUT2D eigenvalue weighted by Crippen LogP contribution is -2.27. The summed E-state index contributed by atoms with van der Waals surface area (Å²) in [5, 5.41) is 2.79. The minimum Gasteiger partial charge on any atom is -0.398 e. The van der Waals surface area contributed by atoms with E-state index in [0.717, 1.165) is 5.82 Å². The Bertz CT molecular complexity index is 549. The lowest BCUT2D eigenvalue weighted by Gasteiger charge is -2.06. The summed E-state index contributed by atoms with van der Waals surface area (Å²) in [4.78, 5) is 19.9. The molecule has 1 amide bonds. The molecule has 94 valence electrons. The number of aryl methyl sites for hydroxylation is 1. The summed E-state index contributed by atoms with van der Waals surface area (Å²) in [6.07, 6.45) is 7.30. The molecule has 18 heavy (non-hydrogen) atoms. The average Bonchev–Trinajstić information content (AvgIpc) is 2.75. The Morgan fingerprint density at radius 3 is 3.00 bits per heavy atom. The van der Waals surface area contributed by atoms with Crippen molar-refractivity contribution in [2.75, 3.05) is 12.3 Å². The van der Waals surface area contributed by atoms with E-state index in [1.165, 1.54) is 6.20 Å². The number of hydrogen-bond donors (Lipinski definition) is 2. The first-order chi connectivity index (χ1) is 8.68. The highest BCUT2D eigenvalue weighted by molar-refractivity contribution is 5.98. The molecule has 0 aliphatic carbocycles. The molecule has 0 spiro atoms. The highest BCUT2D eigenvalue weighted by Crippen LogP contribution is 2.07. The van der Waals surface area contributed by atoms with Crippen molar-refractivity contribution in [3.05, 3.63) is 42.2 Å². The van der Waals surface area contributed by atoms with E-state index in [0.29, 0.717) is 24.2 Å². The van der Waals surface area contributed by atoms with Crippen LogP contribution >= 0.6 is 0 Å². The monoisotopic (exact) mass is 245 g/mol. The van der Waals surface area contributed by atoms with Gasteiger partial charge in [0.05, 0.1) is 5.56 Å². The van der Waals surface area contributed by atoms with Crippen molar-refractivity contribution in [1.29, 1.82) is 0 Å². The van der Waals surface area contributed by atoms with Crippen LogP contribution in [0.15, 0.2) is 30.9 Å². The number of anilines is 1. The number of nitrogens with zero attached hydrogens (tertiary/aromatic N) is 3. The molecule has 0 saturated heterocycles. The standard InChI is InChI=1S/C12H15N5O/c1-17-7-6-15-11(17)3-5-16-12(18)9-8-14-4-2-10(9)13/h2,4,6-8H,3,5H2,1H3,(H2,13,14)(H,16,18). The number of imidazole rings is 1. The lowest BCUT2D eigenvalue weighted by atomic mass is 10.2. The summed E-state index contributed by atoms with van der Waals surface area (Å²) in [6.45, 7) is 0.512. The number of rotatable bonds is 4. The van der Waals surface area contributed by atoms with Gasteiger partial charge in [-0.1, -0.05) is 0 Å². The SMILES string of the molecule is Cn1ccnc1CCNC(=O)c1cnccc1N. The van der Waals surface area contributed by atoms with Crippen LogP contribution in [0.2, 0.25) is 0 Å². The van der Waals surface area contributed by atoms with E-state index in [9.17, 15) is 4.79 Å². The fourth-order valence-electron chi connectivity index (χ4n) is 1.62. The molecule has 2 heterocycles. The predicted octanol–water partition coefficient (Wildman–Crippen LogP) is 0.370. The Labute approximate surface area is 105 Å². The van der Waals surface area contributed by atoms with Gasteiger partial charge in [0.15, 0.2) is 0 Å². The molecule has 0 aromatic carbocycles. The van der Waals surface area contributed by atoms with Crippen LogP contribution in [0, 0.1) is 0 Å². The third-order valence-corrected chi connectivity index (χ3v) is 2.65. The van der Waals surface area contributed by atoms with Crippen molar-refractivity contribution in [3.8, 4) is 0 Å². The van der Waals surface area contributed by atoms with Gasteiger partial charge in [-0.15, -0.1) is 0 Å². The number of amides is 1. The maximum Gasteiger partial charge on any atom is 0.254 e. The smallest absolute Gasteiger partial charge is 0.254 e. The van der Waals surface area contributed by atoms with Crippen LogP contribution in [0.4, 0.5) is 5.69 Å². The average molecular weight is 245 g/mol. The van der Waals surface area contributed by atoms with Crippen LogP contribution < -0.4 is 11.1 Å². The van der Waals surface area contributed by atoms with Gasteiger partial charge in [-0.05, 0) is 6.07 Å². The Morgan fingerprint density at radius 1 is 1.50 bits per heavy atom. The molecule has 0 atom stereocenters. The van der Waals surface area contributed by atoms with Gasteiger partial charge in [0.2, 0.25) is 0 Å². The molecular weight excluding hydrogens is 230 g/mol. The first kappa shape index (κ1) is 12.1. The molecule has 2 aromatic heterocycles. The normalized spacial score (nSPS) is 10.3. The second kappa shape index (κ2) is 5.31. The van der Waals surface area contributed by atoms with Crippen LogP contribution in [-0.2, 0) is 13.5 Å². The van der Waals surface area contributed by atoms with Crippen molar-refractivity contribution in [1.82, 2.24) is 19.9 Å². The van der Waals surface area contributed by atoms with Crippen molar-refractivity contribution in [3.63, 3.8) is 0 Å². The lowest BCUT2D eigenvalue weighted by molar-refractivity contribution is 0.0954. The van der Waals surface area contributed by atoms with Gasteiger partial charge in [-0.2, -0.15) is 0 Å². The molecule has 3 N–H and O–H groups in total. The van der Waals surface area contributed by atoms with E-state index >= 15 is 0 Å². The summed E-state index contributed by atoms with van der Waals surface area (Å²) in [7, 11) is 1.92. The molecule has 2 rings (SSSR count). The number of nitrogen functional groups attached to an aromatic ring is 1. The van der Waals surface area contributed by atoms with Gasteiger partial charge in [0.25, 0.3) is 5.91 Å². The maximum absolute atomic E-state index is 11.8. The molecule has 2 aromatic rings. The zero-order chi connectivity index (χ0) is 13.0. The van der Waals surface area contributed by atoms with Crippen LogP contribution in [0.25, 0.3) is 0 Å².